The predicted octanol–water partition coefficient (Wildman–Crippen LogP) is 1.24. The van der Waals surface area contributed by atoms with Crippen molar-refractivity contribution in [2.75, 3.05) is 0 Å². The topological polar surface area (TPSA) is 105 Å². The molecule has 7 heteroatoms. The van der Waals surface area contributed by atoms with Gasteiger partial charge >= 0.3 is 5.97 Å². The van der Waals surface area contributed by atoms with E-state index in [0.717, 1.165) is 0 Å². The van der Waals surface area contributed by atoms with Crippen LogP contribution >= 0.6 is 0 Å². The fraction of sp³-hybridized carbons (Fsp3) is 0.538. The maximum absolute atomic E-state index is 11.7. The summed E-state index contributed by atoms with van der Waals surface area (Å²) < 4.78 is 4.92. The standard InChI is InChI=1S/C13H19N3O4/c1-3-4-6-10(13(18)19)15-11(17)7-5-8-12-14-9(2)16-20-12/h3-4,10H,5-8H2,1-2H3,(H,15,17)(H,18,19)/b4-3+. The van der Waals surface area contributed by atoms with E-state index < -0.39 is 12.0 Å². The molecule has 0 radical (unpaired) electrons. The molecule has 1 unspecified atom stereocenters. The van der Waals surface area contributed by atoms with Gasteiger partial charge in [0, 0.05) is 12.8 Å². The second kappa shape index (κ2) is 8.08. The first-order chi connectivity index (χ1) is 9.52. The van der Waals surface area contributed by atoms with Crippen LogP contribution in [0.4, 0.5) is 0 Å². The smallest absolute Gasteiger partial charge is 0.326 e. The first-order valence-electron chi connectivity index (χ1n) is 6.45. The third-order valence-corrected chi connectivity index (χ3v) is 2.60. The van der Waals surface area contributed by atoms with Crippen LogP contribution in [0.2, 0.25) is 0 Å². The summed E-state index contributed by atoms with van der Waals surface area (Å²) in [6, 6.07) is -0.885. The normalized spacial score (nSPS) is 12.5. The summed E-state index contributed by atoms with van der Waals surface area (Å²) in [6.45, 7) is 3.52. The van der Waals surface area contributed by atoms with E-state index in [0.29, 0.717) is 24.6 Å². The predicted molar refractivity (Wildman–Crippen MR) is 71.0 cm³/mol. The van der Waals surface area contributed by atoms with Gasteiger partial charge in [0.15, 0.2) is 5.82 Å². The Morgan fingerprint density at radius 3 is 2.80 bits per heavy atom. The Balaban J connectivity index is 2.32. The highest BCUT2D eigenvalue weighted by atomic mass is 16.5. The number of nitrogens with one attached hydrogen (secondary N) is 1. The second-order valence-electron chi connectivity index (χ2n) is 4.35. The SMILES string of the molecule is C/C=C/CC(NC(=O)CCCc1nc(C)no1)C(=O)O. The van der Waals surface area contributed by atoms with Crippen molar-refractivity contribution >= 4 is 11.9 Å². The molecule has 2 N–H and O–H groups in total. The van der Waals surface area contributed by atoms with E-state index in [1.807, 2.05) is 0 Å². The number of hydrogen-bond donors (Lipinski definition) is 2. The molecule has 1 atom stereocenters. The summed E-state index contributed by atoms with van der Waals surface area (Å²) >= 11 is 0. The minimum absolute atomic E-state index is 0.223. The average molecular weight is 281 g/mol. The van der Waals surface area contributed by atoms with E-state index in [1.165, 1.54) is 0 Å². The highest BCUT2D eigenvalue weighted by Gasteiger charge is 2.18. The molecule has 20 heavy (non-hydrogen) atoms. The van der Waals surface area contributed by atoms with Gasteiger partial charge in [-0.15, -0.1) is 0 Å². The van der Waals surface area contributed by atoms with Gasteiger partial charge < -0.3 is 14.9 Å². The maximum atomic E-state index is 11.7. The van der Waals surface area contributed by atoms with Crippen LogP contribution in [0.25, 0.3) is 0 Å². The first-order valence-corrected chi connectivity index (χ1v) is 6.45. The van der Waals surface area contributed by atoms with Gasteiger partial charge in [-0.05, 0) is 26.7 Å². The molecule has 0 spiro atoms. The molecule has 110 valence electrons. The molecule has 7 nitrogen and oxygen atoms in total. The van der Waals surface area contributed by atoms with Crippen LogP contribution in [0.15, 0.2) is 16.7 Å². The van der Waals surface area contributed by atoms with Crippen molar-refractivity contribution in [2.45, 2.75) is 45.6 Å². The monoisotopic (exact) mass is 281 g/mol. The Kier molecular flexibility index (Phi) is 6.42. The maximum Gasteiger partial charge on any atom is 0.326 e. The van der Waals surface area contributed by atoms with Gasteiger partial charge in [0.25, 0.3) is 0 Å². The van der Waals surface area contributed by atoms with E-state index in [1.54, 1.807) is 26.0 Å². The van der Waals surface area contributed by atoms with Gasteiger partial charge in [-0.1, -0.05) is 17.3 Å². The number of carboxylic acid groups (broad SMARTS) is 1. The van der Waals surface area contributed by atoms with Crippen molar-refractivity contribution < 1.29 is 19.2 Å². The van der Waals surface area contributed by atoms with E-state index in [9.17, 15) is 9.59 Å². The number of amides is 1. The number of aromatic nitrogens is 2. The van der Waals surface area contributed by atoms with Crippen molar-refractivity contribution in [3.63, 3.8) is 0 Å². The molecule has 0 saturated carbocycles. The van der Waals surface area contributed by atoms with E-state index in [-0.39, 0.29) is 18.7 Å². The largest absolute Gasteiger partial charge is 0.480 e. The Labute approximate surface area is 117 Å². The molecule has 0 aromatic carbocycles. The van der Waals surface area contributed by atoms with Crippen molar-refractivity contribution in [1.82, 2.24) is 15.5 Å². The summed E-state index contributed by atoms with van der Waals surface area (Å²) in [5, 5.41) is 15.1. The Hall–Kier alpha value is -2.18. The quantitative estimate of drug-likeness (QED) is 0.694. The van der Waals surface area contributed by atoms with Crippen molar-refractivity contribution in [3.05, 3.63) is 23.9 Å². The number of aryl methyl sites for hydroxylation is 2. The fourth-order valence-corrected chi connectivity index (χ4v) is 1.60. The number of rotatable bonds is 8. The second-order valence-corrected chi connectivity index (χ2v) is 4.35. The van der Waals surface area contributed by atoms with Crippen LogP contribution < -0.4 is 5.32 Å². The third kappa shape index (κ3) is 5.64. The van der Waals surface area contributed by atoms with Gasteiger partial charge in [-0.2, -0.15) is 4.98 Å². The van der Waals surface area contributed by atoms with Gasteiger partial charge in [-0.3, -0.25) is 4.79 Å². The van der Waals surface area contributed by atoms with E-state index in [2.05, 4.69) is 15.5 Å². The van der Waals surface area contributed by atoms with Crippen LogP contribution in [-0.4, -0.2) is 33.2 Å². The lowest BCUT2D eigenvalue weighted by atomic mass is 10.1. The number of nitrogens with zero attached hydrogens (tertiary/aromatic N) is 2. The lowest BCUT2D eigenvalue weighted by molar-refractivity contribution is -0.141. The molecule has 1 aromatic rings. The van der Waals surface area contributed by atoms with Gasteiger partial charge in [0.05, 0.1) is 0 Å². The summed E-state index contributed by atoms with van der Waals surface area (Å²) in [7, 11) is 0. The Bertz CT molecular complexity index is 482. The van der Waals surface area contributed by atoms with Crippen molar-refractivity contribution in [2.24, 2.45) is 0 Å². The van der Waals surface area contributed by atoms with E-state index in [4.69, 9.17) is 9.63 Å². The minimum atomic E-state index is -1.04. The third-order valence-electron chi connectivity index (χ3n) is 2.60. The number of carbonyl (C=O) groups is 2. The van der Waals surface area contributed by atoms with Gasteiger partial charge in [-0.25, -0.2) is 4.79 Å². The van der Waals surface area contributed by atoms with Crippen LogP contribution in [0.1, 0.15) is 37.9 Å². The fourth-order valence-electron chi connectivity index (χ4n) is 1.60. The average Bonchev–Trinajstić information content (AvgIpc) is 2.80. The van der Waals surface area contributed by atoms with Crippen LogP contribution in [0.3, 0.4) is 0 Å². The number of carboxylic acids is 1. The molecule has 1 aromatic heterocycles. The van der Waals surface area contributed by atoms with Crippen LogP contribution in [0, 0.1) is 6.92 Å². The summed E-state index contributed by atoms with van der Waals surface area (Å²) in [4.78, 5) is 26.6. The number of allylic oxidation sites excluding steroid dienone is 1. The molecule has 0 bridgehead atoms. The molecule has 0 aliphatic carbocycles. The number of hydrogen-bond acceptors (Lipinski definition) is 5. The van der Waals surface area contributed by atoms with Crippen LogP contribution in [-0.2, 0) is 16.0 Å². The summed E-state index contributed by atoms with van der Waals surface area (Å²) in [6.07, 6.45) is 4.99. The lowest BCUT2D eigenvalue weighted by Crippen LogP contribution is -2.40. The number of carbonyl (C=O) groups excluding carboxylic acids is 1. The van der Waals surface area contributed by atoms with Gasteiger partial charge in [0.2, 0.25) is 11.8 Å². The lowest BCUT2D eigenvalue weighted by Gasteiger charge is -2.12. The highest BCUT2D eigenvalue weighted by molar-refractivity contribution is 5.83. The molecule has 0 aliphatic heterocycles. The zero-order valence-corrected chi connectivity index (χ0v) is 11.6. The molecular formula is C13H19N3O4. The Morgan fingerprint density at radius 1 is 1.50 bits per heavy atom. The Morgan fingerprint density at radius 2 is 2.25 bits per heavy atom. The highest BCUT2D eigenvalue weighted by Crippen LogP contribution is 2.03. The molecule has 0 saturated heterocycles. The minimum Gasteiger partial charge on any atom is -0.480 e. The van der Waals surface area contributed by atoms with Gasteiger partial charge in [0.1, 0.15) is 6.04 Å². The van der Waals surface area contributed by atoms with Crippen molar-refractivity contribution in [3.8, 4) is 0 Å². The molecule has 0 fully saturated rings. The number of aliphatic carboxylic acids is 1. The first kappa shape index (κ1) is 15.9. The summed E-state index contributed by atoms with van der Waals surface area (Å²) in [5.41, 5.74) is 0. The molecule has 1 amide bonds. The van der Waals surface area contributed by atoms with E-state index >= 15 is 0 Å². The molecular weight excluding hydrogens is 262 g/mol. The molecule has 1 rings (SSSR count). The van der Waals surface area contributed by atoms with Crippen molar-refractivity contribution in [1.29, 1.82) is 0 Å². The molecule has 1 heterocycles. The summed E-state index contributed by atoms with van der Waals surface area (Å²) in [5.74, 6) is -0.289. The zero-order chi connectivity index (χ0) is 15.0. The van der Waals surface area contributed by atoms with Crippen LogP contribution in [0.5, 0.6) is 0 Å². The zero-order valence-electron chi connectivity index (χ0n) is 11.6. The molecule has 0 aliphatic rings.